The summed E-state index contributed by atoms with van der Waals surface area (Å²) in [6, 6.07) is 20.5. The lowest BCUT2D eigenvalue weighted by Gasteiger charge is -2.29. The van der Waals surface area contributed by atoms with Gasteiger partial charge in [0.05, 0.1) is 5.92 Å². The van der Waals surface area contributed by atoms with Crippen molar-refractivity contribution in [2.24, 2.45) is 0 Å². The van der Waals surface area contributed by atoms with E-state index in [0.29, 0.717) is 0 Å². The molecule has 0 saturated carbocycles. The van der Waals surface area contributed by atoms with E-state index >= 15 is 0 Å². The number of nitrogens with one attached hydrogen (secondary N) is 1. The fraction of sp³-hybridized carbons (Fsp3) is 0.308. The van der Waals surface area contributed by atoms with Gasteiger partial charge in [-0.2, -0.15) is 0 Å². The molecule has 1 amide bonds. The van der Waals surface area contributed by atoms with Gasteiger partial charge in [0, 0.05) is 36.4 Å². The summed E-state index contributed by atoms with van der Waals surface area (Å²) in [5.41, 5.74) is 6.34. The summed E-state index contributed by atoms with van der Waals surface area (Å²) in [5.74, 6) is -0.198. The Balaban J connectivity index is 1.39. The smallest absolute Gasteiger partial charge is 0.231 e. The molecule has 1 aliphatic heterocycles. The molecule has 0 bridgehead atoms. The van der Waals surface area contributed by atoms with Crippen LogP contribution in [0.2, 0.25) is 0 Å². The van der Waals surface area contributed by atoms with Crippen LogP contribution in [0.5, 0.6) is 0 Å². The summed E-state index contributed by atoms with van der Waals surface area (Å²) >= 11 is 0. The standard InChI is InChI=1S/C26H29N3O/c1-19-18-23(14-15-27-19)22-6-10-24(11-7-22)28-26(30)20(2)21-8-12-25(13-9-21)29-16-4-3-5-17-29/h6-15,18,20H,3-5,16-17H2,1-2H3,(H,28,30). The van der Waals surface area contributed by atoms with Crippen LogP contribution in [0.1, 0.15) is 43.4 Å². The number of aryl methyl sites for hydroxylation is 1. The average molecular weight is 400 g/mol. The molecular weight excluding hydrogens is 370 g/mol. The molecule has 154 valence electrons. The highest BCUT2D eigenvalue weighted by Crippen LogP contribution is 2.25. The van der Waals surface area contributed by atoms with Crippen LogP contribution in [-0.2, 0) is 4.79 Å². The molecule has 1 saturated heterocycles. The Kier molecular flexibility index (Phi) is 6.12. The number of aromatic nitrogens is 1. The molecule has 1 aliphatic rings. The molecule has 4 nitrogen and oxygen atoms in total. The third-order valence-electron chi connectivity index (χ3n) is 5.89. The van der Waals surface area contributed by atoms with Gasteiger partial charge in [-0.25, -0.2) is 0 Å². The van der Waals surface area contributed by atoms with Gasteiger partial charge in [-0.3, -0.25) is 9.78 Å². The Labute approximate surface area is 179 Å². The fourth-order valence-corrected chi connectivity index (χ4v) is 4.00. The number of hydrogen-bond acceptors (Lipinski definition) is 3. The van der Waals surface area contributed by atoms with Crippen LogP contribution in [-0.4, -0.2) is 24.0 Å². The molecule has 1 N–H and O–H groups in total. The summed E-state index contributed by atoms with van der Waals surface area (Å²) in [5, 5.41) is 3.05. The number of benzene rings is 2. The Morgan fingerprint density at radius 1 is 0.933 bits per heavy atom. The summed E-state index contributed by atoms with van der Waals surface area (Å²) < 4.78 is 0. The molecule has 2 aromatic carbocycles. The van der Waals surface area contributed by atoms with Crippen molar-refractivity contribution >= 4 is 17.3 Å². The molecule has 4 rings (SSSR count). The van der Waals surface area contributed by atoms with E-state index in [0.717, 1.165) is 41.2 Å². The number of pyridine rings is 1. The highest BCUT2D eigenvalue weighted by atomic mass is 16.1. The molecule has 0 aliphatic carbocycles. The predicted octanol–water partition coefficient (Wildman–Crippen LogP) is 5.79. The van der Waals surface area contributed by atoms with E-state index in [1.807, 2.05) is 50.4 Å². The van der Waals surface area contributed by atoms with Crippen LogP contribution in [0, 0.1) is 6.92 Å². The molecule has 1 fully saturated rings. The molecule has 1 atom stereocenters. The minimum absolute atomic E-state index is 0.00762. The molecule has 0 radical (unpaired) electrons. The first-order valence-corrected chi connectivity index (χ1v) is 10.8. The zero-order valence-electron chi connectivity index (χ0n) is 17.8. The first kappa shape index (κ1) is 20.1. The van der Waals surface area contributed by atoms with Crippen molar-refractivity contribution in [1.82, 2.24) is 4.98 Å². The fourth-order valence-electron chi connectivity index (χ4n) is 4.00. The van der Waals surface area contributed by atoms with Gasteiger partial charge < -0.3 is 10.2 Å². The molecule has 1 unspecified atom stereocenters. The third-order valence-corrected chi connectivity index (χ3v) is 5.89. The van der Waals surface area contributed by atoms with E-state index < -0.39 is 0 Å². The van der Waals surface area contributed by atoms with Gasteiger partial charge in [-0.1, -0.05) is 24.3 Å². The van der Waals surface area contributed by atoms with Crippen molar-refractivity contribution in [1.29, 1.82) is 0 Å². The minimum Gasteiger partial charge on any atom is -0.372 e. The van der Waals surface area contributed by atoms with Crippen LogP contribution in [0.25, 0.3) is 11.1 Å². The Morgan fingerprint density at radius 2 is 1.63 bits per heavy atom. The predicted molar refractivity (Wildman–Crippen MR) is 124 cm³/mol. The topological polar surface area (TPSA) is 45.2 Å². The zero-order valence-corrected chi connectivity index (χ0v) is 17.8. The van der Waals surface area contributed by atoms with Crippen molar-refractivity contribution in [3.8, 4) is 11.1 Å². The van der Waals surface area contributed by atoms with Crippen LogP contribution >= 0.6 is 0 Å². The lowest BCUT2D eigenvalue weighted by Crippen LogP contribution is -2.29. The number of anilines is 2. The summed E-state index contributed by atoms with van der Waals surface area (Å²) in [6.45, 7) is 6.20. The minimum atomic E-state index is -0.206. The van der Waals surface area contributed by atoms with Crippen LogP contribution in [0.3, 0.4) is 0 Å². The maximum absolute atomic E-state index is 12.8. The molecule has 1 aromatic heterocycles. The molecule has 4 heteroatoms. The van der Waals surface area contributed by atoms with Gasteiger partial charge in [-0.05, 0) is 86.2 Å². The van der Waals surface area contributed by atoms with E-state index in [9.17, 15) is 4.79 Å². The number of carbonyl (C=O) groups is 1. The molecule has 3 aromatic rings. The highest BCUT2D eigenvalue weighted by molar-refractivity contribution is 5.95. The van der Waals surface area contributed by atoms with Gasteiger partial charge in [0.2, 0.25) is 5.91 Å². The summed E-state index contributed by atoms with van der Waals surface area (Å²) in [6.07, 6.45) is 5.67. The van der Waals surface area contributed by atoms with Crippen LogP contribution in [0.4, 0.5) is 11.4 Å². The highest BCUT2D eigenvalue weighted by Gasteiger charge is 2.17. The van der Waals surface area contributed by atoms with Gasteiger partial charge >= 0.3 is 0 Å². The third kappa shape index (κ3) is 4.70. The molecule has 0 spiro atoms. The second-order valence-corrected chi connectivity index (χ2v) is 8.11. The van der Waals surface area contributed by atoms with Gasteiger partial charge in [0.25, 0.3) is 0 Å². The maximum Gasteiger partial charge on any atom is 0.231 e. The van der Waals surface area contributed by atoms with Crippen molar-refractivity contribution in [2.75, 3.05) is 23.3 Å². The first-order valence-electron chi connectivity index (χ1n) is 10.8. The lowest BCUT2D eigenvalue weighted by molar-refractivity contribution is -0.117. The second kappa shape index (κ2) is 9.12. The number of amides is 1. The van der Waals surface area contributed by atoms with E-state index in [2.05, 4.69) is 45.5 Å². The quantitative estimate of drug-likeness (QED) is 0.591. The van der Waals surface area contributed by atoms with Gasteiger partial charge in [0.15, 0.2) is 0 Å². The van der Waals surface area contributed by atoms with E-state index in [1.54, 1.807) is 0 Å². The number of hydrogen-bond donors (Lipinski definition) is 1. The monoisotopic (exact) mass is 399 g/mol. The van der Waals surface area contributed by atoms with E-state index in [1.165, 1.54) is 24.9 Å². The largest absolute Gasteiger partial charge is 0.372 e. The van der Waals surface area contributed by atoms with Crippen LogP contribution in [0.15, 0.2) is 66.9 Å². The first-order chi connectivity index (χ1) is 14.6. The maximum atomic E-state index is 12.8. The van der Waals surface area contributed by atoms with E-state index in [4.69, 9.17) is 0 Å². The lowest BCUT2D eigenvalue weighted by atomic mass is 9.99. The Hall–Kier alpha value is -3.14. The van der Waals surface area contributed by atoms with Gasteiger partial charge in [-0.15, -0.1) is 0 Å². The van der Waals surface area contributed by atoms with E-state index in [-0.39, 0.29) is 11.8 Å². The zero-order chi connectivity index (χ0) is 20.9. The van der Waals surface area contributed by atoms with Crippen molar-refractivity contribution in [3.05, 3.63) is 78.1 Å². The molecular formula is C26H29N3O. The molecule has 30 heavy (non-hydrogen) atoms. The summed E-state index contributed by atoms with van der Waals surface area (Å²) in [4.78, 5) is 19.4. The number of carbonyl (C=O) groups excluding carboxylic acids is 1. The number of nitrogens with zero attached hydrogens (tertiary/aromatic N) is 2. The van der Waals surface area contributed by atoms with Crippen molar-refractivity contribution in [2.45, 2.75) is 39.0 Å². The van der Waals surface area contributed by atoms with Crippen molar-refractivity contribution < 1.29 is 4.79 Å². The SMILES string of the molecule is Cc1cc(-c2ccc(NC(=O)C(C)c3ccc(N4CCCCC4)cc3)cc2)ccn1. The number of rotatable bonds is 5. The Morgan fingerprint density at radius 3 is 2.30 bits per heavy atom. The number of piperidine rings is 1. The Bertz CT molecular complexity index is 990. The molecule has 2 heterocycles. The average Bonchev–Trinajstić information content (AvgIpc) is 2.80. The normalized spacial score (nSPS) is 14.9. The summed E-state index contributed by atoms with van der Waals surface area (Å²) in [7, 11) is 0. The van der Waals surface area contributed by atoms with Crippen LogP contribution < -0.4 is 10.2 Å². The second-order valence-electron chi connectivity index (χ2n) is 8.11. The van der Waals surface area contributed by atoms with Gasteiger partial charge in [0.1, 0.15) is 0 Å². The van der Waals surface area contributed by atoms with Crippen molar-refractivity contribution in [3.63, 3.8) is 0 Å².